The molecule has 4 atom stereocenters. The Kier molecular flexibility index (Phi) is 26.4. The molecule has 0 saturated heterocycles. The Morgan fingerprint density at radius 2 is 1.42 bits per heavy atom. The number of cyclic esters (lactones) is 1. The summed E-state index contributed by atoms with van der Waals surface area (Å²) in [5, 5.41) is 2.18. The van der Waals surface area contributed by atoms with Gasteiger partial charge in [-0.1, -0.05) is 30.0 Å². The molecule has 6 aliphatic rings. The third-order valence-corrected chi connectivity index (χ3v) is 7.73. The normalized spacial score (nSPS) is 25.9. The minimum absolute atomic E-state index is 0.123. The van der Waals surface area contributed by atoms with Gasteiger partial charge in [0.25, 0.3) is 0 Å². The average Bonchev–Trinajstić information content (AvgIpc) is 3.79. The van der Waals surface area contributed by atoms with E-state index in [0.29, 0.717) is 6.42 Å². The van der Waals surface area contributed by atoms with Gasteiger partial charge in [-0.05, 0) is 86.1 Å². The van der Waals surface area contributed by atoms with Crippen molar-refractivity contribution in [2.75, 3.05) is 54.0 Å². The number of allylic oxidation sites excluding steroid dienone is 3. The molecule has 43 heavy (non-hydrogen) atoms. The van der Waals surface area contributed by atoms with Gasteiger partial charge in [-0.2, -0.15) is 0 Å². The Balaban J connectivity index is 0.000000260. The first kappa shape index (κ1) is 39.2. The van der Waals surface area contributed by atoms with Crippen LogP contribution in [0.3, 0.4) is 0 Å². The lowest BCUT2D eigenvalue weighted by Crippen LogP contribution is -2.14. The molecule has 0 radical (unpaired) electrons. The standard InChI is InChI=1S/C6H10O3.C6H10O2S.C5H6O2.2C5H8O.C5H8S/c2*1-7-5-3-4-6(8-2)9-5;6-5-3-1-2-4-7-5;3*1-2-4-6-5-3-1/h2*3-6H,1-2H3;2,4H,1,3H2;2,4H,1,3,5H2;1-2H,3-5H2;2,4H,1,3,5H2. The van der Waals surface area contributed by atoms with E-state index in [-0.39, 0.29) is 29.4 Å². The average molecular weight is 643 g/mol. The summed E-state index contributed by atoms with van der Waals surface area (Å²) in [5.74, 6) is 1.21. The maximum atomic E-state index is 10.2. The van der Waals surface area contributed by atoms with Crippen molar-refractivity contribution in [2.24, 2.45) is 0 Å². The predicted molar refractivity (Wildman–Crippen MR) is 174 cm³/mol. The minimum atomic E-state index is -0.227. The molecule has 11 heteroatoms. The van der Waals surface area contributed by atoms with E-state index in [9.17, 15) is 4.79 Å². The second kappa shape index (κ2) is 28.9. The van der Waals surface area contributed by atoms with Crippen molar-refractivity contribution < 1.29 is 42.7 Å². The maximum absolute atomic E-state index is 10.2. The van der Waals surface area contributed by atoms with Gasteiger partial charge in [0.1, 0.15) is 10.9 Å². The molecule has 0 aromatic carbocycles. The number of ether oxygens (including phenoxy) is 8. The number of hydrogen-bond acceptors (Lipinski definition) is 11. The van der Waals surface area contributed by atoms with E-state index in [1.807, 2.05) is 54.3 Å². The zero-order chi connectivity index (χ0) is 31.2. The summed E-state index contributed by atoms with van der Waals surface area (Å²) in [4.78, 5) is 10.2. The summed E-state index contributed by atoms with van der Waals surface area (Å²) < 4.78 is 39.2. The Bertz CT molecular complexity index is 739. The number of esters is 1. The number of carbonyl (C=O) groups is 1. The molecule has 6 rings (SSSR count). The molecule has 4 unspecified atom stereocenters. The molecule has 0 saturated carbocycles. The van der Waals surface area contributed by atoms with Gasteiger partial charge in [-0.3, -0.25) is 4.79 Å². The zero-order valence-electron chi connectivity index (χ0n) is 26.0. The molecule has 6 aliphatic heterocycles. The van der Waals surface area contributed by atoms with Gasteiger partial charge in [-0.25, -0.2) is 0 Å². The van der Waals surface area contributed by atoms with Crippen molar-refractivity contribution in [3.63, 3.8) is 0 Å². The van der Waals surface area contributed by atoms with Crippen LogP contribution in [0.25, 0.3) is 0 Å². The molecule has 244 valence electrons. The molecule has 0 amide bonds. The Morgan fingerprint density at radius 1 is 0.721 bits per heavy atom. The minimum Gasteiger partial charge on any atom is -0.502 e. The molecule has 0 aromatic heterocycles. The smallest absolute Gasteiger partial charge is 0.310 e. The molecular formula is C32H50O9S2. The fraction of sp³-hybridized carbons (Fsp3) is 0.594. The fourth-order valence-electron chi connectivity index (χ4n) is 3.26. The Morgan fingerprint density at radius 3 is 1.63 bits per heavy atom. The van der Waals surface area contributed by atoms with Crippen LogP contribution in [0.15, 0.2) is 72.6 Å². The first-order valence-corrected chi connectivity index (χ1v) is 16.5. The van der Waals surface area contributed by atoms with E-state index in [1.54, 1.807) is 46.5 Å². The van der Waals surface area contributed by atoms with Crippen molar-refractivity contribution in [1.29, 1.82) is 0 Å². The molecule has 0 aliphatic carbocycles. The highest BCUT2D eigenvalue weighted by atomic mass is 32.2. The van der Waals surface area contributed by atoms with Crippen LogP contribution in [-0.4, -0.2) is 83.4 Å². The van der Waals surface area contributed by atoms with E-state index in [2.05, 4.69) is 22.3 Å². The number of hydrogen-bond donors (Lipinski definition) is 0. The molecule has 9 nitrogen and oxygen atoms in total. The van der Waals surface area contributed by atoms with Gasteiger partial charge in [0, 0.05) is 34.9 Å². The number of rotatable bonds is 4. The molecule has 0 fully saturated rings. The lowest BCUT2D eigenvalue weighted by atomic mass is 10.3. The van der Waals surface area contributed by atoms with Crippen LogP contribution in [0.5, 0.6) is 0 Å². The van der Waals surface area contributed by atoms with Crippen molar-refractivity contribution in [1.82, 2.24) is 0 Å². The van der Waals surface area contributed by atoms with Gasteiger partial charge >= 0.3 is 5.97 Å². The lowest BCUT2D eigenvalue weighted by Gasteiger charge is -2.09. The first-order chi connectivity index (χ1) is 21.1. The molecule has 0 spiro atoms. The summed E-state index contributed by atoms with van der Waals surface area (Å²) in [6, 6.07) is 0. The van der Waals surface area contributed by atoms with Crippen LogP contribution in [0, 0.1) is 0 Å². The number of carbonyl (C=O) groups excluding carboxylic acids is 1. The first-order valence-electron chi connectivity index (χ1n) is 14.5. The highest BCUT2D eigenvalue weighted by molar-refractivity contribution is 8.02. The molecular weight excluding hydrogens is 592 g/mol. The second-order valence-corrected chi connectivity index (χ2v) is 11.2. The summed E-state index contributed by atoms with van der Waals surface area (Å²) in [5.41, 5.74) is 0.380. The van der Waals surface area contributed by atoms with E-state index in [4.69, 9.17) is 33.2 Å². The topological polar surface area (TPSA) is 90.9 Å². The van der Waals surface area contributed by atoms with Gasteiger partial charge in [0.05, 0.1) is 32.3 Å². The van der Waals surface area contributed by atoms with Crippen LogP contribution < -0.4 is 0 Å². The van der Waals surface area contributed by atoms with Crippen molar-refractivity contribution in [3.05, 3.63) is 72.6 Å². The van der Waals surface area contributed by atoms with Gasteiger partial charge in [0.15, 0.2) is 12.6 Å². The van der Waals surface area contributed by atoms with Crippen molar-refractivity contribution in [2.45, 2.75) is 68.4 Å². The molecule has 0 aromatic rings. The summed E-state index contributed by atoms with van der Waals surface area (Å²) >= 11 is 3.57. The third kappa shape index (κ3) is 23.3. The van der Waals surface area contributed by atoms with Gasteiger partial charge in [-0.15, -0.1) is 11.8 Å². The highest BCUT2D eigenvalue weighted by Crippen LogP contribution is 2.27. The van der Waals surface area contributed by atoms with E-state index >= 15 is 0 Å². The second-order valence-electron chi connectivity index (χ2n) is 8.96. The summed E-state index contributed by atoms with van der Waals surface area (Å²) in [7, 11) is 6.57. The molecule has 6 heterocycles. The molecule has 0 N–H and O–H groups in total. The Labute approximate surface area is 266 Å². The van der Waals surface area contributed by atoms with Gasteiger partial charge < -0.3 is 37.9 Å². The van der Waals surface area contributed by atoms with Crippen LogP contribution in [0.2, 0.25) is 0 Å². The summed E-state index contributed by atoms with van der Waals surface area (Å²) in [6.07, 6.45) is 28.2. The maximum Gasteiger partial charge on any atom is 0.310 e. The monoisotopic (exact) mass is 642 g/mol. The number of methoxy groups -OCH3 is 4. The highest BCUT2D eigenvalue weighted by Gasteiger charge is 2.17. The van der Waals surface area contributed by atoms with E-state index in [0.717, 1.165) is 32.7 Å². The molecule has 0 bridgehead atoms. The number of thioether (sulfide) groups is 2. The largest absolute Gasteiger partial charge is 0.502 e. The SMILES string of the molecule is C1=CCOCC1.C1=COCCC1.C1=CSCCC1.COC1C=CC(OC)O1.COC1C=CC(OC)S1.O=C1CCC=CO1. The van der Waals surface area contributed by atoms with E-state index < -0.39 is 0 Å². The van der Waals surface area contributed by atoms with Crippen LogP contribution >= 0.6 is 23.5 Å². The Hall–Kier alpha value is -1.83. The van der Waals surface area contributed by atoms with Crippen LogP contribution in [0.4, 0.5) is 0 Å². The summed E-state index contributed by atoms with van der Waals surface area (Å²) in [6.45, 7) is 2.65. The van der Waals surface area contributed by atoms with Crippen LogP contribution in [0.1, 0.15) is 44.9 Å². The third-order valence-electron chi connectivity index (χ3n) is 5.59. The lowest BCUT2D eigenvalue weighted by molar-refractivity contribution is -0.173. The quantitative estimate of drug-likeness (QED) is 0.237. The van der Waals surface area contributed by atoms with Crippen molar-refractivity contribution >= 4 is 29.5 Å². The fourth-order valence-corrected chi connectivity index (χ4v) is 4.85. The van der Waals surface area contributed by atoms with Crippen molar-refractivity contribution in [3.8, 4) is 0 Å². The zero-order valence-corrected chi connectivity index (χ0v) is 27.6. The predicted octanol–water partition coefficient (Wildman–Crippen LogP) is 6.89. The van der Waals surface area contributed by atoms with E-state index in [1.165, 1.54) is 37.7 Å². The van der Waals surface area contributed by atoms with Gasteiger partial charge in [0.2, 0.25) is 0 Å². The van der Waals surface area contributed by atoms with Crippen LogP contribution in [-0.2, 0) is 42.7 Å².